The average molecular weight is 1190 g/mol. The molecule has 2 atom stereocenters. The molecule has 3 aromatic heterocycles. The van der Waals surface area contributed by atoms with E-state index in [0.29, 0.717) is 67.7 Å². The maximum Gasteiger partial charge on any atom is 0.347 e. The topological polar surface area (TPSA) is 186 Å². The van der Waals surface area contributed by atoms with E-state index in [0.717, 1.165) is 28.7 Å². The second-order valence-electron chi connectivity index (χ2n) is 21.5. The molecule has 0 aliphatic heterocycles. The van der Waals surface area contributed by atoms with E-state index in [1.807, 2.05) is 49.4 Å². The monoisotopic (exact) mass is 1190 g/mol. The van der Waals surface area contributed by atoms with Crippen LogP contribution in [0.3, 0.4) is 0 Å². The Morgan fingerprint density at radius 1 is 0.823 bits per heavy atom. The third-order valence-electron chi connectivity index (χ3n) is 13.3. The Morgan fingerprint density at radius 3 is 2.27 bits per heavy atom. The third kappa shape index (κ3) is 15.8. The fraction of sp³-hybridized carbons (Fsp3) is 0.386. The summed E-state index contributed by atoms with van der Waals surface area (Å²) >= 11 is 15.3. The van der Waals surface area contributed by atoms with Gasteiger partial charge >= 0.3 is 5.97 Å². The van der Waals surface area contributed by atoms with Gasteiger partial charge in [-0.3, -0.25) is 4.18 Å². The molecule has 0 aliphatic carbocycles. The Labute approximate surface area is 479 Å². The number of carbonyl (C=O) groups excluding carboxylic acids is 1. The van der Waals surface area contributed by atoms with Gasteiger partial charge in [-0.25, -0.2) is 19.7 Å². The zero-order valence-corrected chi connectivity index (χ0v) is 51.7. The molecule has 0 radical (unpaired) electrons. The van der Waals surface area contributed by atoms with Crippen molar-refractivity contribution in [3.05, 3.63) is 130 Å². The first-order valence-corrected chi connectivity index (χ1v) is 35.1. The van der Waals surface area contributed by atoms with Gasteiger partial charge in [-0.1, -0.05) is 99.5 Å². The molecule has 0 saturated carbocycles. The summed E-state index contributed by atoms with van der Waals surface area (Å²) in [5.41, 5.74) is 4.37. The van der Waals surface area contributed by atoms with Crippen LogP contribution in [0.25, 0.3) is 32.6 Å². The molecule has 0 unspecified atom stereocenters. The molecule has 3 heterocycles. The summed E-state index contributed by atoms with van der Waals surface area (Å²) in [4.78, 5) is 27.7. The van der Waals surface area contributed by atoms with E-state index in [-0.39, 0.29) is 58.2 Å². The maximum absolute atomic E-state index is 13.9. The van der Waals surface area contributed by atoms with E-state index in [4.69, 9.17) is 70.0 Å². The summed E-state index contributed by atoms with van der Waals surface area (Å²) < 4.78 is 86.2. The molecule has 7 rings (SSSR count). The Morgan fingerprint density at radius 2 is 1.56 bits per heavy atom. The highest BCUT2D eigenvalue weighted by Crippen LogP contribution is 2.46. The highest BCUT2D eigenvalue weighted by molar-refractivity contribution is 7.86. The van der Waals surface area contributed by atoms with Crippen molar-refractivity contribution < 1.29 is 55.0 Å². The van der Waals surface area contributed by atoms with Gasteiger partial charge in [0.1, 0.15) is 54.3 Å². The number of benzene rings is 4. The molecular weight excluding hydrogens is 1120 g/mol. The highest BCUT2D eigenvalue weighted by atomic mass is 35.5. The van der Waals surface area contributed by atoms with Crippen LogP contribution in [-0.4, -0.2) is 103 Å². The maximum atomic E-state index is 13.9. The zero-order valence-electron chi connectivity index (χ0n) is 46.6. The van der Waals surface area contributed by atoms with Crippen LogP contribution in [0.4, 0.5) is 0 Å². The highest BCUT2D eigenvalue weighted by Gasteiger charge is 2.39. The molecule has 0 saturated heterocycles. The summed E-state index contributed by atoms with van der Waals surface area (Å²) in [7, 11) is -4.95. The first-order valence-electron chi connectivity index (χ1n) is 25.5. The fourth-order valence-corrected chi connectivity index (χ4v) is 11.6. The predicted octanol–water partition coefficient (Wildman–Crippen LogP) is 13.4. The van der Waals surface area contributed by atoms with Crippen LogP contribution in [0.15, 0.2) is 102 Å². The molecule has 22 heteroatoms. The molecule has 0 fully saturated rings. The first kappa shape index (κ1) is 60.9. The van der Waals surface area contributed by atoms with Gasteiger partial charge in [0.05, 0.1) is 52.1 Å². The Bertz CT molecular complexity index is 3360. The van der Waals surface area contributed by atoms with Gasteiger partial charge in [-0.15, -0.1) is 0 Å². The third-order valence-corrected chi connectivity index (χ3v) is 22.2. The van der Waals surface area contributed by atoms with Crippen molar-refractivity contribution in [2.75, 3.05) is 40.8 Å². The number of methoxy groups -OCH3 is 2. The van der Waals surface area contributed by atoms with Crippen molar-refractivity contribution >= 4 is 77.3 Å². The quantitative estimate of drug-likeness (QED) is 0.0124. The van der Waals surface area contributed by atoms with Crippen molar-refractivity contribution in [3.63, 3.8) is 0 Å². The van der Waals surface area contributed by atoms with E-state index in [9.17, 15) is 13.2 Å². The van der Waals surface area contributed by atoms with Gasteiger partial charge in [0.25, 0.3) is 10.1 Å². The standard InChI is InChI=1S/C57H68Cl2N4O12S2Si2/c1-36-17-20-42(21-18-36)77(65,66)72-34-41(33-70-35-69-27-28-78(8,9)10)73-47-24-22-43(37(2)52(47)58)50-51-49(31-61-53(50)59)76-63-55(51)74-48(56(64)68-7)30-38-29-40(75-79(11,12)57(3,4)5)19-23-45(38)71-32-39-25-26-60-54(62-39)44-15-13-14-16-46(44)67-6/h13-26,29,31,41,48H,27-28,30,32-35H2,1-12H3/t41-,48+/m1/s1. The fourth-order valence-electron chi connectivity index (χ4n) is 7.74. The molecule has 0 spiro atoms. The number of esters is 1. The molecule has 0 amide bonds. The largest absolute Gasteiger partial charge is 0.543 e. The van der Waals surface area contributed by atoms with Crippen molar-refractivity contribution in [1.29, 1.82) is 0 Å². The van der Waals surface area contributed by atoms with E-state index in [2.05, 4.69) is 67.8 Å². The van der Waals surface area contributed by atoms with E-state index in [1.165, 1.54) is 19.2 Å². The summed E-state index contributed by atoms with van der Waals surface area (Å²) in [6.45, 7) is 21.3. The summed E-state index contributed by atoms with van der Waals surface area (Å²) in [6, 6.07) is 25.5. The van der Waals surface area contributed by atoms with Crippen molar-refractivity contribution in [3.8, 4) is 51.4 Å². The minimum Gasteiger partial charge on any atom is -0.543 e. The number of para-hydroxylation sites is 1. The lowest BCUT2D eigenvalue weighted by Crippen LogP contribution is -2.43. The summed E-state index contributed by atoms with van der Waals surface area (Å²) in [5, 5.41) is 0.679. The lowest BCUT2D eigenvalue weighted by Gasteiger charge is -2.36. The van der Waals surface area contributed by atoms with E-state index in [1.54, 1.807) is 56.8 Å². The number of hydrogen-bond acceptors (Lipinski definition) is 17. The van der Waals surface area contributed by atoms with Gasteiger partial charge < -0.3 is 37.6 Å². The molecule has 422 valence electrons. The molecule has 7 aromatic rings. The second-order valence-corrected chi connectivity index (χ2v) is 35.0. The minimum atomic E-state index is -4.16. The lowest BCUT2D eigenvalue weighted by molar-refractivity contribution is -0.148. The molecule has 0 N–H and O–H groups in total. The van der Waals surface area contributed by atoms with Gasteiger partial charge in [-0.05, 0) is 115 Å². The van der Waals surface area contributed by atoms with E-state index < -0.39 is 51.3 Å². The number of pyridine rings is 1. The number of carbonyl (C=O) groups is 1. The van der Waals surface area contributed by atoms with Crippen LogP contribution in [0.5, 0.6) is 28.9 Å². The lowest BCUT2D eigenvalue weighted by atomic mass is 9.99. The van der Waals surface area contributed by atoms with E-state index >= 15 is 0 Å². The minimum absolute atomic E-state index is 0.00373. The van der Waals surface area contributed by atoms with Crippen LogP contribution in [-0.2, 0) is 46.3 Å². The van der Waals surface area contributed by atoms with Gasteiger partial charge in [0.2, 0.25) is 20.3 Å². The van der Waals surface area contributed by atoms with Crippen LogP contribution in [0.1, 0.15) is 43.2 Å². The predicted molar refractivity (Wildman–Crippen MR) is 314 cm³/mol. The van der Waals surface area contributed by atoms with Crippen LogP contribution >= 0.6 is 34.7 Å². The summed E-state index contributed by atoms with van der Waals surface area (Å²) in [6.07, 6.45) is 1.03. The number of halogens is 2. The number of aromatic nitrogens is 4. The van der Waals surface area contributed by atoms with Gasteiger partial charge in [-0.2, -0.15) is 12.8 Å². The van der Waals surface area contributed by atoms with Crippen molar-refractivity contribution in [1.82, 2.24) is 19.3 Å². The Balaban J connectivity index is 1.18. The number of nitrogens with zero attached hydrogens (tertiary/aromatic N) is 4. The molecule has 0 bridgehead atoms. The number of fused-ring (bicyclic) bond motifs is 1. The number of rotatable bonds is 26. The smallest absolute Gasteiger partial charge is 0.347 e. The SMILES string of the molecule is COC(=O)[C@H](Cc1cc(O[Si](C)(C)C(C)(C)C)ccc1OCc1ccnc(-c2ccccc2OC)n1)Oc1nsc2cnc(Cl)c(-c3ccc(O[C@H](COCOCC[Si](C)(C)C)COS(=O)(=O)c4ccc(C)cc4)c(Cl)c3C)c12. The zero-order chi connectivity index (χ0) is 57.3. The molecule has 16 nitrogen and oxygen atoms in total. The summed E-state index contributed by atoms with van der Waals surface area (Å²) in [5.74, 6) is 1.83. The Kier molecular flexibility index (Phi) is 20.3. The molecule has 79 heavy (non-hydrogen) atoms. The first-order chi connectivity index (χ1) is 37.4. The average Bonchev–Trinajstić information content (AvgIpc) is 3.85. The molecule has 4 aromatic carbocycles. The van der Waals surface area contributed by atoms with Gasteiger partial charge in [0, 0.05) is 44.6 Å². The van der Waals surface area contributed by atoms with Gasteiger partial charge in [0.15, 0.2) is 5.82 Å². The van der Waals surface area contributed by atoms with Crippen LogP contribution < -0.4 is 23.4 Å². The number of ether oxygens (including phenoxy) is 7. The van der Waals surface area contributed by atoms with Crippen LogP contribution in [0.2, 0.25) is 54.0 Å². The molecule has 0 aliphatic rings. The Hall–Kier alpha value is -5.69. The van der Waals surface area contributed by atoms with Crippen LogP contribution in [0, 0.1) is 13.8 Å². The molecular formula is C57H68Cl2N4O12S2Si2. The second kappa shape index (κ2) is 26.3. The number of aryl methyl sites for hydroxylation is 1. The van der Waals surface area contributed by atoms with Crippen molar-refractivity contribution in [2.24, 2.45) is 0 Å². The normalized spacial score (nSPS) is 13.0. The van der Waals surface area contributed by atoms with Crippen molar-refractivity contribution in [2.45, 2.75) is 109 Å². The number of hydrogen-bond donors (Lipinski definition) is 0.